The molecule has 21 heavy (non-hydrogen) atoms. The van der Waals surface area contributed by atoms with E-state index in [1.807, 2.05) is 0 Å². The summed E-state index contributed by atoms with van der Waals surface area (Å²) in [5.74, 6) is -4.09. The number of rotatable bonds is 1. The van der Waals surface area contributed by atoms with Crippen LogP contribution in [0.3, 0.4) is 0 Å². The summed E-state index contributed by atoms with van der Waals surface area (Å²) in [7, 11) is 0. The Hall–Kier alpha value is 0.904. The van der Waals surface area contributed by atoms with Crippen molar-refractivity contribution in [1.29, 1.82) is 0 Å². The Morgan fingerprint density at radius 1 is 1.05 bits per heavy atom. The third kappa shape index (κ3) is 18.9. The average Bonchev–Trinajstić information content (AvgIpc) is 2.25. The SMILES string of the molecule is C=C[CH2][Ni+].O=C(C(Cl)(Cl)Cl)C(Cl)(Cl)Cl.O=C([O-])C(F)(F)F. The Labute approximate surface area is 156 Å². The largest absolute Gasteiger partial charge is 0.542 e. The van der Waals surface area contributed by atoms with Crippen molar-refractivity contribution < 1.29 is 43.3 Å². The van der Waals surface area contributed by atoms with Crippen LogP contribution in [0.25, 0.3) is 0 Å². The van der Waals surface area contributed by atoms with E-state index < -0.39 is 25.5 Å². The van der Waals surface area contributed by atoms with E-state index in [0.717, 1.165) is 0 Å². The molecule has 0 aromatic rings. The zero-order valence-corrected chi connectivity index (χ0v) is 15.0. The van der Waals surface area contributed by atoms with E-state index in [-0.39, 0.29) is 0 Å². The first-order valence-corrected chi connectivity index (χ1v) is 7.07. The Kier molecular flexibility index (Phi) is 14.6. The fourth-order valence-corrected chi connectivity index (χ4v) is 1.45. The molecule has 0 aromatic heterocycles. The third-order valence-electron chi connectivity index (χ3n) is 0.838. The number of allylic oxidation sites excluding steroid dienone is 1. The summed E-state index contributed by atoms with van der Waals surface area (Å²) >= 11 is 34.8. The molecule has 0 amide bonds. The van der Waals surface area contributed by atoms with Crippen LogP contribution in [0.4, 0.5) is 13.2 Å². The Morgan fingerprint density at radius 2 is 1.24 bits per heavy atom. The van der Waals surface area contributed by atoms with Crippen LogP contribution in [0.5, 0.6) is 0 Å². The zero-order valence-electron chi connectivity index (χ0n) is 9.43. The first-order chi connectivity index (χ1) is 9.01. The van der Waals surface area contributed by atoms with Crippen LogP contribution < -0.4 is 5.11 Å². The van der Waals surface area contributed by atoms with Crippen molar-refractivity contribution in [3.05, 3.63) is 12.7 Å². The summed E-state index contributed by atoms with van der Waals surface area (Å²) in [5, 5.41) is 9.49. The molecular formula is C8H5Cl6F3NiO3. The number of Topliss-reactive ketones (excluding diaryl/α,β-unsaturated/α-hetero) is 1. The summed E-state index contributed by atoms with van der Waals surface area (Å²) in [6, 6.07) is 0. The van der Waals surface area contributed by atoms with Gasteiger partial charge in [-0.05, 0) is 0 Å². The molecule has 0 spiro atoms. The molecule has 0 saturated carbocycles. The maximum atomic E-state index is 10.7. The molecule has 0 bridgehead atoms. The molecule has 0 aromatic carbocycles. The van der Waals surface area contributed by atoms with Crippen molar-refractivity contribution in [2.75, 3.05) is 0 Å². The number of hydrogen-bond acceptors (Lipinski definition) is 3. The van der Waals surface area contributed by atoms with E-state index in [1.165, 1.54) is 0 Å². The van der Waals surface area contributed by atoms with Gasteiger partial charge in [-0.15, -0.1) is 0 Å². The topological polar surface area (TPSA) is 57.2 Å². The van der Waals surface area contributed by atoms with Gasteiger partial charge in [0.2, 0.25) is 5.78 Å². The molecule has 3 nitrogen and oxygen atoms in total. The number of carbonyl (C=O) groups excluding carboxylic acids is 2. The molecule has 0 aliphatic carbocycles. The molecule has 0 N–H and O–H groups in total. The number of carboxylic acids is 1. The zero-order chi connectivity index (χ0) is 18.1. The first kappa shape index (κ1) is 26.8. The molecule has 0 fully saturated rings. The molecule has 0 unspecified atom stereocenters. The number of hydrogen-bond donors (Lipinski definition) is 0. The minimum Gasteiger partial charge on any atom is -0.542 e. The molecule has 0 atom stereocenters. The number of halogens is 9. The van der Waals surface area contributed by atoms with Gasteiger partial charge in [0.05, 0.1) is 0 Å². The van der Waals surface area contributed by atoms with Crippen molar-refractivity contribution in [3.63, 3.8) is 0 Å². The molecule has 0 saturated heterocycles. The van der Waals surface area contributed by atoms with Gasteiger partial charge >= 0.3 is 39.7 Å². The van der Waals surface area contributed by atoms with Gasteiger partial charge in [-0.3, -0.25) is 4.79 Å². The standard InChI is InChI=1S/C3Cl6O.C3H5.C2HF3O2.Ni/c4-2(5,6)1(10)3(7,8)9;1-3-2;3-2(4,5)1(6)7;/h;3H,1-2H2;(H,6,7);/q;;;+1/p-1. The maximum Gasteiger partial charge on any atom is 0.430 e. The van der Waals surface area contributed by atoms with Crippen LogP contribution in [-0.4, -0.2) is 25.5 Å². The van der Waals surface area contributed by atoms with Crippen LogP contribution in [0.2, 0.25) is 5.39 Å². The smallest absolute Gasteiger partial charge is 0.430 e. The first-order valence-electron chi connectivity index (χ1n) is 4.10. The Bertz CT molecular complexity index is 335. The van der Waals surface area contributed by atoms with E-state index in [2.05, 4.69) is 22.0 Å². The Morgan fingerprint density at radius 3 is 1.24 bits per heavy atom. The van der Waals surface area contributed by atoms with Crippen LogP contribution in [-0.2, 0) is 25.1 Å². The summed E-state index contributed by atoms with van der Waals surface area (Å²) < 4.78 is 27.2. The van der Waals surface area contributed by atoms with Gasteiger partial charge in [0.15, 0.2) is 0 Å². The van der Waals surface area contributed by atoms with Crippen LogP contribution >= 0.6 is 69.6 Å². The van der Waals surface area contributed by atoms with Gasteiger partial charge in [-0.25, -0.2) is 0 Å². The molecule has 13 heteroatoms. The molecule has 128 valence electrons. The second kappa shape index (κ2) is 11.4. The minimum absolute atomic E-state index is 0.708. The molecule has 0 heterocycles. The Balaban J connectivity index is -0.000000256. The van der Waals surface area contributed by atoms with Gasteiger partial charge in [-0.2, -0.15) is 13.2 Å². The summed E-state index contributed by atoms with van der Waals surface area (Å²) in [5.41, 5.74) is 0. The fourth-order valence-electron chi connectivity index (χ4n) is 0.161. The van der Waals surface area contributed by atoms with Crippen molar-refractivity contribution in [3.8, 4) is 0 Å². The van der Waals surface area contributed by atoms with Crippen molar-refractivity contribution in [2.45, 2.75) is 19.2 Å². The van der Waals surface area contributed by atoms with Gasteiger partial charge in [0.25, 0.3) is 7.59 Å². The molecular weight excluding hydrogens is 472 g/mol. The quantitative estimate of drug-likeness (QED) is 0.329. The number of carboxylic acid groups (broad SMARTS) is 1. The number of alkyl halides is 9. The molecule has 0 aliphatic rings. The monoisotopic (exact) mass is 474 g/mol. The van der Waals surface area contributed by atoms with Crippen LogP contribution in [0.15, 0.2) is 12.7 Å². The van der Waals surface area contributed by atoms with E-state index in [9.17, 15) is 18.0 Å². The van der Waals surface area contributed by atoms with Gasteiger partial charge < -0.3 is 9.90 Å². The van der Waals surface area contributed by atoms with Crippen LogP contribution in [0, 0.1) is 0 Å². The van der Waals surface area contributed by atoms with E-state index >= 15 is 0 Å². The van der Waals surface area contributed by atoms with Gasteiger partial charge in [-0.1, -0.05) is 69.6 Å². The third-order valence-corrected chi connectivity index (χ3v) is 2.15. The normalized spacial score (nSPS) is 11.4. The molecule has 0 rings (SSSR count). The predicted octanol–water partition coefficient (Wildman–Crippen LogP) is 3.73. The minimum atomic E-state index is -5.19. The number of ketones is 1. The molecule has 0 radical (unpaired) electrons. The van der Waals surface area contributed by atoms with Gasteiger partial charge in [0.1, 0.15) is 5.97 Å². The number of aliphatic carboxylic acids is 1. The van der Waals surface area contributed by atoms with Crippen molar-refractivity contribution in [1.82, 2.24) is 0 Å². The van der Waals surface area contributed by atoms with Crippen molar-refractivity contribution >= 4 is 81.4 Å². The average molecular weight is 478 g/mol. The predicted molar refractivity (Wildman–Crippen MR) is 71.7 cm³/mol. The second-order valence-electron chi connectivity index (χ2n) is 2.53. The van der Waals surface area contributed by atoms with Gasteiger partial charge in [0, 0.05) is 0 Å². The van der Waals surface area contributed by atoms with E-state index in [0.29, 0.717) is 5.39 Å². The van der Waals surface area contributed by atoms with E-state index in [1.54, 1.807) is 6.08 Å². The molecule has 0 aliphatic heterocycles. The fraction of sp³-hybridized carbons (Fsp3) is 0.500. The maximum absolute atomic E-state index is 10.7. The second-order valence-corrected chi connectivity index (χ2v) is 7.49. The van der Waals surface area contributed by atoms with E-state index in [4.69, 9.17) is 79.5 Å². The number of carbonyl (C=O) groups is 2. The summed E-state index contributed by atoms with van der Waals surface area (Å²) in [6.45, 7) is 3.39. The van der Waals surface area contributed by atoms with Crippen molar-refractivity contribution in [2.24, 2.45) is 0 Å². The van der Waals surface area contributed by atoms with Crippen LogP contribution in [0.1, 0.15) is 0 Å². The summed E-state index contributed by atoms with van der Waals surface area (Å²) in [6.07, 6.45) is -3.49. The summed E-state index contributed by atoms with van der Waals surface area (Å²) in [4.78, 5) is 19.5.